The molecule has 3 rings (SSSR count). The highest BCUT2D eigenvalue weighted by Gasteiger charge is 2.49. The first-order valence-electron chi connectivity index (χ1n) is 6.92. The minimum atomic E-state index is -0.0901. The number of hydrogen-bond acceptors (Lipinski definition) is 2. The van der Waals surface area contributed by atoms with Gasteiger partial charge in [-0.2, -0.15) is 0 Å². The van der Waals surface area contributed by atoms with Crippen molar-refractivity contribution in [2.75, 3.05) is 0 Å². The molecular weight excluding hydrogens is 236 g/mol. The fourth-order valence-electron chi connectivity index (χ4n) is 3.73. The van der Waals surface area contributed by atoms with Gasteiger partial charge in [0.15, 0.2) is 0 Å². The molecule has 2 nitrogen and oxygen atoms in total. The Labute approximate surface area is 113 Å². The molecule has 0 amide bonds. The number of fused-ring (bicyclic) bond motifs is 2. The van der Waals surface area contributed by atoms with Gasteiger partial charge in [-0.15, -0.1) is 0 Å². The van der Waals surface area contributed by atoms with Crippen LogP contribution in [0.3, 0.4) is 0 Å². The maximum Gasteiger partial charge on any atom is 0.141 e. The summed E-state index contributed by atoms with van der Waals surface area (Å²) in [5.41, 5.74) is 1.04. The van der Waals surface area contributed by atoms with E-state index in [1.807, 2.05) is 30.3 Å². The molecule has 2 aliphatic carbocycles. The molecule has 0 spiro atoms. The number of carbonyl (C=O) groups is 2. The van der Waals surface area contributed by atoms with E-state index in [-0.39, 0.29) is 29.3 Å². The second kappa shape index (κ2) is 4.76. The van der Waals surface area contributed by atoms with E-state index in [2.05, 4.69) is 12.2 Å². The Hall–Kier alpha value is -1.70. The van der Waals surface area contributed by atoms with E-state index in [9.17, 15) is 9.59 Å². The number of benzene rings is 1. The van der Waals surface area contributed by atoms with Gasteiger partial charge in [0.1, 0.15) is 11.6 Å². The van der Waals surface area contributed by atoms with Crippen LogP contribution in [0.4, 0.5) is 0 Å². The Bertz CT molecular complexity index is 529. The summed E-state index contributed by atoms with van der Waals surface area (Å²) in [5, 5.41) is 0. The first-order valence-corrected chi connectivity index (χ1v) is 6.92. The van der Waals surface area contributed by atoms with Crippen molar-refractivity contribution in [1.82, 2.24) is 0 Å². The normalized spacial score (nSPS) is 31.6. The highest BCUT2D eigenvalue weighted by atomic mass is 16.1. The highest BCUT2D eigenvalue weighted by Crippen LogP contribution is 2.48. The number of ketones is 2. The second-order valence-corrected chi connectivity index (χ2v) is 5.74. The van der Waals surface area contributed by atoms with Crippen LogP contribution in [0.2, 0.25) is 0 Å². The zero-order chi connectivity index (χ0) is 13.4. The number of hydrogen-bond donors (Lipinski definition) is 0. The molecule has 0 saturated heterocycles. The van der Waals surface area contributed by atoms with Crippen molar-refractivity contribution in [2.24, 2.45) is 23.7 Å². The summed E-state index contributed by atoms with van der Waals surface area (Å²) in [6, 6.07) is 9.80. The van der Waals surface area contributed by atoms with Crippen LogP contribution in [-0.4, -0.2) is 11.6 Å². The molecule has 2 bridgehead atoms. The van der Waals surface area contributed by atoms with E-state index in [1.165, 1.54) is 0 Å². The molecule has 2 heteroatoms. The van der Waals surface area contributed by atoms with Crippen molar-refractivity contribution >= 4 is 11.6 Å². The van der Waals surface area contributed by atoms with Gasteiger partial charge in [-0.1, -0.05) is 42.5 Å². The average Bonchev–Trinajstić information content (AvgIpc) is 2.99. The molecule has 98 valence electrons. The van der Waals surface area contributed by atoms with E-state index in [0.717, 1.165) is 12.0 Å². The maximum atomic E-state index is 12.5. The Balaban J connectivity index is 1.79. The molecule has 4 atom stereocenters. The minimum Gasteiger partial charge on any atom is -0.300 e. The minimum absolute atomic E-state index is 0.0776. The first-order chi connectivity index (χ1) is 9.16. The van der Waals surface area contributed by atoms with E-state index < -0.39 is 0 Å². The largest absolute Gasteiger partial charge is 0.300 e. The number of carbonyl (C=O) groups excluding carboxylic acids is 2. The predicted octanol–water partition coefficient (Wildman–Crippen LogP) is 2.83. The molecule has 2 aliphatic rings. The summed E-state index contributed by atoms with van der Waals surface area (Å²) >= 11 is 0. The van der Waals surface area contributed by atoms with Crippen LogP contribution in [0.5, 0.6) is 0 Å². The molecule has 1 aromatic carbocycles. The fraction of sp³-hybridized carbons (Fsp3) is 0.412. The first kappa shape index (κ1) is 12.3. The lowest BCUT2D eigenvalue weighted by Gasteiger charge is -2.24. The lowest BCUT2D eigenvalue weighted by Crippen LogP contribution is -2.32. The summed E-state index contributed by atoms with van der Waals surface area (Å²) < 4.78 is 0. The smallest absolute Gasteiger partial charge is 0.141 e. The van der Waals surface area contributed by atoms with Gasteiger partial charge < -0.3 is 0 Å². The molecule has 1 fully saturated rings. The van der Waals surface area contributed by atoms with Crippen molar-refractivity contribution in [1.29, 1.82) is 0 Å². The zero-order valence-electron chi connectivity index (χ0n) is 11.1. The van der Waals surface area contributed by atoms with Crippen molar-refractivity contribution in [3.8, 4) is 0 Å². The van der Waals surface area contributed by atoms with Crippen molar-refractivity contribution < 1.29 is 9.59 Å². The summed E-state index contributed by atoms with van der Waals surface area (Å²) in [6.45, 7) is 1.63. The van der Waals surface area contributed by atoms with Crippen LogP contribution >= 0.6 is 0 Å². The van der Waals surface area contributed by atoms with E-state index in [1.54, 1.807) is 6.92 Å². The van der Waals surface area contributed by atoms with Gasteiger partial charge in [-0.05, 0) is 30.7 Å². The molecule has 0 heterocycles. The third-order valence-electron chi connectivity index (χ3n) is 4.52. The Morgan fingerprint density at radius 1 is 1.05 bits per heavy atom. The van der Waals surface area contributed by atoms with Crippen molar-refractivity contribution in [3.05, 3.63) is 48.0 Å². The number of Topliss-reactive ketones (excluding diaryl/α,β-unsaturated/α-hetero) is 2. The molecule has 19 heavy (non-hydrogen) atoms. The summed E-state index contributed by atoms with van der Waals surface area (Å²) in [6.07, 6.45) is 5.70. The van der Waals surface area contributed by atoms with E-state index >= 15 is 0 Å². The molecule has 0 aliphatic heterocycles. The molecule has 0 aromatic heterocycles. The third kappa shape index (κ3) is 2.16. The van der Waals surface area contributed by atoms with Crippen molar-refractivity contribution in [2.45, 2.75) is 19.8 Å². The van der Waals surface area contributed by atoms with Gasteiger partial charge >= 0.3 is 0 Å². The summed E-state index contributed by atoms with van der Waals surface area (Å²) in [4.78, 5) is 24.4. The maximum absolute atomic E-state index is 12.5. The molecule has 0 unspecified atom stereocenters. The molecule has 1 saturated carbocycles. The Kier molecular flexibility index (Phi) is 3.09. The van der Waals surface area contributed by atoms with Crippen LogP contribution in [0.1, 0.15) is 18.9 Å². The third-order valence-corrected chi connectivity index (χ3v) is 4.52. The van der Waals surface area contributed by atoms with Crippen LogP contribution in [0.15, 0.2) is 42.5 Å². The highest BCUT2D eigenvalue weighted by molar-refractivity contribution is 5.91. The Morgan fingerprint density at radius 2 is 1.68 bits per heavy atom. The lowest BCUT2D eigenvalue weighted by atomic mass is 9.77. The standard InChI is InChI=1S/C17H18O2/c1-11(18)16-13-7-8-14(10-13)17(16)15(19)9-12-5-3-2-4-6-12/h2-8,13-14,16-17H,9-10H2,1H3/t13-,14+,16+,17+/m1/s1. The monoisotopic (exact) mass is 254 g/mol. The summed E-state index contributed by atoms with van der Waals surface area (Å²) in [5.74, 6) is 0.813. The quantitative estimate of drug-likeness (QED) is 0.774. The number of rotatable bonds is 4. The molecule has 0 N–H and O–H groups in total. The van der Waals surface area contributed by atoms with Crippen LogP contribution in [0, 0.1) is 23.7 Å². The van der Waals surface area contributed by atoms with E-state index in [0.29, 0.717) is 12.3 Å². The van der Waals surface area contributed by atoms with Crippen LogP contribution in [-0.2, 0) is 16.0 Å². The van der Waals surface area contributed by atoms with E-state index in [4.69, 9.17) is 0 Å². The van der Waals surface area contributed by atoms with Crippen LogP contribution in [0.25, 0.3) is 0 Å². The zero-order valence-corrected chi connectivity index (χ0v) is 11.1. The van der Waals surface area contributed by atoms with Gasteiger partial charge in [-0.25, -0.2) is 0 Å². The Morgan fingerprint density at radius 3 is 2.32 bits per heavy atom. The SMILES string of the molecule is CC(=O)[C@@H]1[C@H](C(=O)Cc2ccccc2)[C@H]2C=C[C@@H]1C2. The van der Waals surface area contributed by atoms with Gasteiger partial charge in [0.05, 0.1) is 0 Å². The number of allylic oxidation sites excluding steroid dienone is 2. The van der Waals surface area contributed by atoms with Gasteiger partial charge in [0, 0.05) is 18.3 Å². The van der Waals surface area contributed by atoms with Gasteiger partial charge in [-0.3, -0.25) is 9.59 Å². The lowest BCUT2D eigenvalue weighted by molar-refractivity contribution is -0.131. The van der Waals surface area contributed by atoms with Gasteiger partial charge in [0.2, 0.25) is 0 Å². The topological polar surface area (TPSA) is 34.1 Å². The molecule has 0 radical (unpaired) electrons. The van der Waals surface area contributed by atoms with Crippen LogP contribution < -0.4 is 0 Å². The fourth-order valence-corrected chi connectivity index (χ4v) is 3.73. The average molecular weight is 254 g/mol. The molecule has 1 aromatic rings. The van der Waals surface area contributed by atoms with Crippen molar-refractivity contribution in [3.63, 3.8) is 0 Å². The second-order valence-electron chi connectivity index (χ2n) is 5.74. The predicted molar refractivity (Wildman–Crippen MR) is 73.6 cm³/mol. The molecular formula is C17H18O2. The van der Waals surface area contributed by atoms with Gasteiger partial charge in [0.25, 0.3) is 0 Å². The summed E-state index contributed by atoms with van der Waals surface area (Å²) in [7, 11) is 0.